The molecule has 6 nitrogen and oxygen atoms in total. The maximum atomic E-state index is 12.8. The third-order valence-corrected chi connectivity index (χ3v) is 6.20. The van der Waals surface area contributed by atoms with Gasteiger partial charge < -0.3 is 9.14 Å². The third-order valence-electron chi connectivity index (χ3n) is 4.52. The number of sulfonamides is 1. The zero-order chi connectivity index (χ0) is 20.6. The van der Waals surface area contributed by atoms with Crippen molar-refractivity contribution in [1.29, 1.82) is 0 Å². The Morgan fingerprint density at radius 3 is 2.66 bits per heavy atom. The molecule has 0 radical (unpaired) electrons. The first-order valence-corrected chi connectivity index (χ1v) is 10.6. The number of aromatic nitrogens is 2. The first-order valence-electron chi connectivity index (χ1n) is 8.78. The number of hydrogen-bond donors (Lipinski definition) is 1. The highest BCUT2D eigenvalue weighted by Crippen LogP contribution is 2.29. The summed E-state index contributed by atoms with van der Waals surface area (Å²) in [4.78, 5) is 4.72. The molecular weight excluding hydrogens is 410 g/mol. The standard InChI is InChI=1S/C21H18ClN3O3S/c1-14-5-4-10-25-13-19(23-21(14)25)15-6-3-7-16(11-15)24-29(26,27)17-8-9-20(28-2)18(22)12-17/h3-13,24H,1-2H3. The number of imidazole rings is 1. The van der Waals surface area contributed by atoms with E-state index in [0.29, 0.717) is 11.4 Å². The van der Waals surface area contributed by atoms with Crippen molar-refractivity contribution < 1.29 is 13.2 Å². The number of rotatable bonds is 5. The molecule has 2 aromatic heterocycles. The summed E-state index contributed by atoms with van der Waals surface area (Å²) in [6.07, 6.45) is 3.85. The molecule has 0 aliphatic rings. The average molecular weight is 428 g/mol. The van der Waals surface area contributed by atoms with E-state index in [0.717, 1.165) is 22.5 Å². The van der Waals surface area contributed by atoms with Crippen molar-refractivity contribution in [3.8, 4) is 17.0 Å². The van der Waals surface area contributed by atoms with E-state index in [1.807, 2.05) is 41.9 Å². The number of nitrogens with one attached hydrogen (secondary N) is 1. The van der Waals surface area contributed by atoms with E-state index in [1.165, 1.54) is 25.3 Å². The maximum Gasteiger partial charge on any atom is 0.261 e. The van der Waals surface area contributed by atoms with Gasteiger partial charge in [0.1, 0.15) is 11.4 Å². The van der Waals surface area contributed by atoms with Crippen molar-refractivity contribution in [2.45, 2.75) is 11.8 Å². The van der Waals surface area contributed by atoms with Crippen LogP contribution in [0.2, 0.25) is 5.02 Å². The van der Waals surface area contributed by atoms with E-state index in [-0.39, 0.29) is 9.92 Å². The summed E-state index contributed by atoms with van der Waals surface area (Å²) < 4.78 is 35.1. The van der Waals surface area contributed by atoms with Crippen LogP contribution in [0.3, 0.4) is 0 Å². The summed E-state index contributed by atoms with van der Waals surface area (Å²) in [7, 11) is -2.33. The topological polar surface area (TPSA) is 72.7 Å². The van der Waals surface area contributed by atoms with Gasteiger partial charge in [0.05, 0.1) is 22.7 Å². The van der Waals surface area contributed by atoms with Gasteiger partial charge in [0.25, 0.3) is 10.0 Å². The molecule has 0 amide bonds. The average Bonchev–Trinajstić information content (AvgIpc) is 3.14. The number of fused-ring (bicyclic) bond motifs is 1. The van der Waals surface area contributed by atoms with Crippen LogP contribution in [0, 0.1) is 6.92 Å². The number of methoxy groups -OCH3 is 1. The molecule has 0 aliphatic heterocycles. The molecule has 0 spiro atoms. The Morgan fingerprint density at radius 2 is 1.93 bits per heavy atom. The van der Waals surface area contributed by atoms with Crippen molar-refractivity contribution >= 4 is 33.0 Å². The third kappa shape index (κ3) is 3.79. The zero-order valence-corrected chi connectivity index (χ0v) is 17.3. The van der Waals surface area contributed by atoms with Crippen LogP contribution in [0.25, 0.3) is 16.9 Å². The number of pyridine rings is 1. The normalized spacial score (nSPS) is 11.6. The quantitative estimate of drug-likeness (QED) is 0.497. The Labute approximate surface area is 173 Å². The molecule has 0 fully saturated rings. The molecule has 2 aromatic carbocycles. The molecule has 0 atom stereocenters. The number of nitrogens with zero attached hydrogens (tertiary/aromatic N) is 2. The Kier molecular flexibility index (Phi) is 4.94. The highest BCUT2D eigenvalue weighted by Gasteiger charge is 2.17. The number of halogens is 1. The van der Waals surface area contributed by atoms with Gasteiger partial charge in [-0.2, -0.15) is 0 Å². The predicted molar refractivity (Wildman–Crippen MR) is 114 cm³/mol. The maximum absolute atomic E-state index is 12.8. The predicted octanol–water partition coefficient (Wildman–Crippen LogP) is 4.77. The lowest BCUT2D eigenvalue weighted by atomic mass is 10.1. The lowest BCUT2D eigenvalue weighted by molar-refractivity contribution is 0.414. The summed E-state index contributed by atoms with van der Waals surface area (Å²) in [6, 6.07) is 15.4. The summed E-state index contributed by atoms with van der Waals surface area (Å²) in [5, 5.41) is 0.226. The summed E-state index contributed by atoms with van der Waals surface area (Å²) in [5.41, 5.74) is 3.92. The highest BCUT2D eigenvalue weighted by atomic mass is 35.5. The molecule has 0 aliphatic carbocycles. The molecule has 0 saturated carbocycles. The van der Waals surface area contributed by atoms with Crippen LogP contribution in [0.1, 0.15) is 5.56 Å². The summed E-state index contributed by atoms with van der Waals surface area (Å²) in [6.45, 7) is 2.00. The van der Waals surface area contributed by atoms with Gasteiger partial charge in [0.15, 0.2) is 0 Å². The molecule has 1 N–H and O–H groups in total. The fourth-order valence-corrected chi connectivity index (χ4v) is 4.46. The highest BCUT2D eigenvalue weighted by molar-refractivity contribution is 7.92. The molecule has 29 heavy (non-hydrogen) atoms. The minimum Gasteiger partial charge on any atom is -0.495 e. The summed E-state index contributed by atoms with van der Waals surface area (Å²) in [5.74, 6) is 0.412. The lowest BCUT2D eigenvalue weighted by Crippen LogP contribution is -2.13. The molecule has 2 heterocycles. The first kappa shape index (κ1) is 19.3. The van der Waals surface area contributed by atoms with Crippen molar-refractivity contribution in [2.24, 2.45) is 0 Å². The Hall–Kier alpha value is -3.03. The van der Waals surface area contributed by atoms with Crippen molar-refractivity contribution in [3.63, 3.8) is 0 Å². The van der Waals surface area contributed by atoms with Gasteiger partial charge in [0, 0.05) is 23.6 Å². The lowest BCUT2D eigenvalue weighted by Gasteiger charge is -2.10. The van der Waals surface area contributed by atoms with Gasteiger partial charge >= 0.3 is 0 Å². The molecule has 8 heteroatoms. The van der Waals surface area contributed by atoms with Gasteiger partial charge in [-0.25, -0.2) is 13.4 Å². The SMILES string of the molecule is COc1ccc(S(=O)(=O)Nc2cccc(-c3cn4cccc(C)c4n3)c2)cc1Cl. The zero-order valence-electron chi connectivity index (χ0n) is 15.8. The molecule has 4 rings (SSSR count). The number of anilines is 1. The number of benzene rings is 2. The second-order valence-corrected chi connectivity index (χ2v) is 8.62. The minimum atomic E-state index is -3.81. The Morgan fingerprint density at radius 1 is 1.10 bits per heavy atom. The van der Waals surface area contributed by atoms with Gasteiger partial charge in [-0.05, 0) is 48.9 Å². The largest absolute Gasteiger partial charge is 0.495 e. The van der Waals surface area contributed by atoms with Gasteiger partial charge in [0.2, 0.25) is 0 Å². The van der Waals surface area contributed by atoms with Gasteiger partial charge in [-0.1, -0.05) is 29.8 Å². The van der Waals surface area contributed by atoms with Crippen LogP contribution in [0.5, 0.6) is 5.75 Å². The minimum absolute atomic E-state index is 0.0528. The smallest absolute Gasteiger partial charge is 0.261 e. The first-order chi connectivity index (χ1) is 13.9. The summed E-state index contributed by atoms with van der Waals surface area (Å²) >= 11 is 6.07. The van der Waals surface area contributed by atoms with Gasteiger partial charge in [-0.3, -0.25) is 4.72 Å². The van der Waals surface area contributed by atoms with E-state index in [4.69, 9.17) is 16.3 Å². The number of ether oxygens (including phenoxy) is 1. The number of hydrogen-bond acceptors (Lipinski definition) is 4. The molecule has 0 unspecified atom stereocenters. The Bertz CT molecular complexity index is 1320. The van der Waals surface area contributed by atoms with Gasteiger partial charge in [-0.15, -0.1) is 0 Å². The fraction of sp³-hybridized carbons (Fsp3) is 0.0952. The van der Waals surface area contributed by atoms with E-state index < -0.39 is 10.0 Å². The van der Waals surface area contributed by atoms with Crippen LogP contribution in [0.15, 0.2) is 71.9 Å². The Balaban J connectivity index is 1.66. The number of aryl methyl sites for hydroxylation is 1. The van der Waals surface area contributed by atoms with Crippen molar-refractivity contribution in [1.82, 2.24) is 9.38 Å². The monoisotopic (exact) mass is 427 g/mol. The molecule has 0 bridgehead atoms. The molecule has 4 aromatic rings. The van der Waals surface area contributed by atoms with E-state index in [1.54, 1.807) is 18.2 Å². The van der Waals surface area contributed by atoms with Crippen LogP contribution in [0.4, 0.5) is 5.69 Å². The van der Waals surface area contributed by atoms with E-state index in [9.17, 15) is 8.42 Å². The molecular formula is C21H18ClN3O3S. The van der Waals surface area contributed by atoms with Crippen molar-refractivity contribution in [2.75, 3.05) is 11.8 Å². The van der Waals surface area contributed by atoms with E-state index >= 15 is 0 Å². The van der Waals surface area contributed by atoms with Crippen LogP contribution in [-0.4, -0.2) is 24.9 Å². The molecule has 0 saturated heterocycles. The fourth-order valence-electron chi connectivity index (χ4n) is 3.06. The van der Waals surface area contributed by atoms with Crippen LogP contribution >= 0.6 is 11.6 Å². The second kappa shape index (κ2) is 7.42. The van der Waals surface area contributed by atoms with Crippen LogP contribution < -0.4 is 9.46 Å². The second-order valence-electron chi connectivity index (χ2n) is 6.53. The molecule has 148 valence electrons. The van der Waals surface area contributed by atoms with Crippen molar-refractivity contribution in [3.05, 3.63) is 77.6 Å². The van der Waals surface area contributed by atoms with E-state index in [2.05, 4.69) is 9.71 Å². The van der Waals surface area contributed by atoms with Crippen LogP contribution in [-0.2, 0) is 10.0 Å².